The van der Waals surface area contributed by atoms with Crippen molar-refractivity contribution in [1.82, 2.24) is 4.81 Å². The van der Waals surface area contributed by atoms with Crippen LogP contribution in [-0.4, -0.2) is 48.6 Å². The zero-order valence-electron chi connectivity index (χ0n) is 14.0. The minimum atomic E-state index is -0.539. The van der Waals surface area contributed by atoms with Crippen LogP contribution in [0.1, 0.15) is 25.5 Å². The van der Waals surface area contributed by atoms with Crippen LogP contribution < -0.4 is 17.7 Å². The average molecular weight is 341 g/mol. The lowest BCUT2D eigenvalue weighted by Gasteiger charge is -2.20. The third kappa shape index (κ3) is 5.21. The summed E-state index contributed by atoms with van der Waals surface area (Å²) in [6, 6.07) is 10.6. The van der Waals surface area contributed by atoms with Gasteiger partial charge in [0.15, 0.2) is 0 Å². The molecule has 1 aromatic rings. The Balaban J connectivity index is 0.00000264. The second-order valence-corrected chi connectivity index (χ2v) is 6.00. The van der Waals surface area contributed by atoms with E-state index in [0.717, 1.165) is 0 Å². The molecule has 7 heteroatoms. The maximum absolute atomic E-state index is 12.2. The first-order valence-corrected chi connectivity index (χ1v) is 8.01. The summed E-state index contributed by atoms with van der Waals surface area (Å²) >= 11 is 0. The third-order valence-corrected chi connectivity index (χ3v) is 4.37. The van der Waals surface area contributed by atoms with Gasteiger partial charge in [0, 0.05) is 18.7 Å². The molecule has 0 radical (unpaired) electrons. The van der Waals surface area contributed by atoms with Crippen molar-refractivity contribution in [2.24, 2.45) is 5.92 Å². The first kappa shape index (κ1) is 20.0. The highest BCUT2D eigenvalue weighted by Crippen LogP contribution is 2.18. The minimum Gasteiger partial charge on any atom is -1.00 e. The van der Waals surface area contributed by atoms with Crippen molar-refractivity contribution in [2.45, 2.75) is 32.8 Å². The van der Waals surface area contributed by atoms with Crippen LogP contribution in [-0.2, 0) is 9.53 Å². The molecule has 0 amide bonds. The zero-order chi connectivity index (χ0) is 16.1. The van der Waals surface area contributed by atoms with Crippen LogP contribution in [0.3, 0.4) is 0 Å². The summed E-state index contributed by atoms with van der Waals surface area (Å²) in [6.07, 6.45) is 0. The Kier molecular flexibility index (Phi) is 8.05. The molecule has 0 aromatic heterocycles. The molecule has 3 N–H and O–H groups in total. The van der Waals surface area contributed by atoms with E-state index in [4.69, 9.17) is 4.74 Å². The number of carbonyl (C=O) groups is 1. The van der Waals surface area contributed by atoms with Gasteiger partial charge < -0.3 is 32.3 Å². The average Bonchev–Trinajstić information content (AvgIpc) is 2.92. The van der Waals surface area contributed by atoms with E-state index in [1.54, 1.807) is 6.82 Å². The predicted octanol–water partition coefficient (Wildman–Crippen LogP) is -2.71. The first-order valence-electron chi connectivity index (χ1n) is 8.01. The smallest absolute Gasteiger partial charge is 0.376 e. The SMILES string of the molecule is CCOC(=O)[C@@H]1CN(B(C)O)CC1[NH2+][C@H](C)c1ccccc1.[Cl-]. The van der Waals surface area contributed by atoms with Gasteiger partial charge in [0.25, 0.3) is 0 Å². The number of carbonyl (C=O) groups excluding carboxylic acids is 1. The molecule has 1 saturated heterocycles. The Labute approximate surface area is 144 Å². The lowest BCUT2D eigenvalue weighted by atomic mass is 9.86. The molecular weight excluding hydrogens is 314 g/mol. The highest BCUT2D eigenvalue weighted by atomic mass is 35.5. The number of rotatable bonds is 6. The van der Waals surface area contributed by atoms with Gasteiger partial charge in [-0.1, -0.05) is 30.3 Å². The topological polar surface area (TPSA) is 66.4 Å². The monoisotopic (exact) mass is 340 g/mol. The fourth-order valence-corrected chi connectivity index (χ4v) is 3.10. The summed E-state index contributed by atoms with van der Waals surface area (Å²) < 4.78 is 5.20. The van der Waals surface area contributed by atoms with Gasteiger partial charge in [0.2, 0.25) is 0 Å². The fourth-order valence-electron chi connectivity index (χ4n) is 3.10. The van der Waals surface area contributed by atoms with Gasteiger partial charge in [0.1, 0.15) is 18.0 Å². The summed E-state index contributed by atoms with van der Waals surface area (Å²) in [4.78, 5) is 14.1. The largest absolute Gasteiger partial charge is 1.00 e. The third-order valence-electron chi connectivity index (χ3n) is 4.37. The van der Waals surface area contributed by atoms with Crippen LogP contribution in [0.15, 0.2) is 30.3 Å². The summed E-state index contributed by atoms with van der Waals surface area (Å²) in [7, 11) is -0.539. The number of quaternary nitrogens is 1. The molecule has 128 valence electrons. The summed E-state index contributed by atoms with van der Waals surface area (Å²) in [6.45, 7) is 7.35. The molecule has 0 bridgehead atoms. The number of nitrogens with two attached hydrogens (primary N) is 1. The summed E-state index contributed by atoms with van der Waals surface area (Å²) in [5, 5.41) is 12.0. The molecular formula is C16H26BClN2O3. The van der Waals surface area contributed by atoms with Crippen molar-refractivity contribution in [1.29, 1.82) is 0 Å². The summed E-state index contributed by atoms with van der Waals surface area (Å²) in [5.41, 5.74) is 1.24. The Hall–Kier alpha value is -1.08. The molecule has 1 unspecified atom stereocenters. The van der Waals surface area contributed by atoms with Crippen LogP contribution in [0.4, 0.5) is 0 Å². The molecule has 0 spiro atoms. The number of benzene rings is 1. The predicted molar refractivity (Wildman–Crippen MR) is 86.1 cm³/mol. The number of ether oxygens (including phenoxy) is 1. The van der Waals surface area contributed by atoms with Crippen LogP contribution >= 0.6 is 0 Å². The quantitative estimate of drug-likeness (QED) is 0.437. The van der Waals surface area contributed by atoms with Crippen LogP contribution in [0.25, 0.3) is 0 Å². The van der Waals surface area contributed by atoms with E-state index in [1.807, 2.05) is 29.9 Å². The standard InChI is InChI=1S/C16H25BN2O3.ClH/c1-4-22-16(20)14-10-19(17(3)21)11-15(14)18-12(2)13-8-6-5-7-9-13;/h5-9,12,14-15,18,21H,4,10-11H2,1-3H3;1H/t12-,14-,15?;/m1./s1. The Bertz CT molecular complexity index is 489. The van der Waals surface area contributed by atoms with E-state index in [9.17, 15) is 9.82 Å². The molecule has 1 aliphatic rings. The molecule has 3 atom stereocenters. The van der Waals surface area contributed by atoms with Gasteiger partial charge in [0.05, 0.1) is 6.61 Å². The Morgan fingerprint density at radius 3 is 2.65 bits per heavy atom. The molecule has 2 rings (SSSR count). The van der Waals surface area contributed by atoms with Gasteiger partial charge in [-0.25, -0.2) is 0 Å². The van der Waals surface area contributed by atoms with Gasteiger partial charge in [-0.2, -0.15) is 0 Å². The van der Waals surface area contributed by atoms with E-state index < -0.39 is 7.05 Å². The number of hydrogen-bond acceptors (Lipinski definition) is 4. The van der Waals surface area contributed by atoms with Crippen molar-refractivity contribution < 1.29 is 32.3 Å². The lowest BCUT2D eigenvalue weighted by molar-refractivity contribution is -0.725. The van der Waals surface area contributed by atoms with Crippen LogP contribution in [0.5, 0.6) is 0 Å². The van der Waals surface area contributed by atoms with Crippen LogP contribution in [0, 0.1) is 5.92 Å². The second-order valence-electron chi connectivity index (χ2n) is 6.00. The van der Waals surface area contributed by atoms with Gasteiger partial charge in [-0.05, 0) is 20.7 Å². The second kappa shape index (κ2) is 9.28. The molecule has 23 heavy (non-hydrogen) atoms. The maximum Gasteiger partial charge on any atom is 0.376 e. The van der Waals surface area contributed by atoms with Gasteiger partial charge in [-0.3, -0.25) is 4.79 Å². The number of nitrogens with zero attached hydrogens (tertiary/aromatic N) is 1. The van der Waals surface area contributed by atoms with E-state index in [0.29, 0.717) is 19.7 Å². The highest BCUT2D eigenvalue weighted by Gasteiger charge is 2.43. The number of esters is 1. The zero-order valence-corrected chi connectivity index (χ0v) is 14.7. The lowest BCUT2D eigenvalue weighted by Crippen LogP contribution is -3.00. The maximum atomic E-state index is 12.2. The summed E-state index contributed by atoms with van der Waals surface area (Å²) in [5.74, 6) is -0.354. The number of hydrogen-bond donors (Lipinski definition) is 2. The van der Waals surface area contributed by atoms with Crippen molar-refractivity contribution in [3.63, 3.8) is 0 Å². The molecule has 1 aliphatic heterocycles. The molecule has 1 heterocycles. The molecule has 0 aliphatic carbocycles. The van der Waals surface area contributed by atoms with Crippen molar-refractivity contribution in [3.05, 3.63) is 35.9 Å². The van der Waals surface area contributed by atoms with E-state index >= 15 is 0 Å². The van der Waals surface area contributed by atoms with Crippen molar-refractivity contribution >= 4 is 13.0 Å². The van der Waals surface area contributed by atoms with Crippen molar-refractivity contribution in [3.8, 4) is 0 Å². The first-order chi connectivity index (χ1) is 10.5. The molecule has 1 fully saturated rings. The Morgan fingerprint density at radius 1 is 1.43 bits per heavy atom. The van der Waals surface area contributed by atoms with E-state index in [2.05, 4.69) is 24.4 Å². The van der Waals surface area contributed by atoms with Crippen LogP contribution in [0.2, 0.25) is 6.82 Å². The van der Waals surface area contributed by atoms with E-state index in [-0.39, 0.29) is 36.4 Å². The van der Waals surface area contributed by atoms with Gasteiger partial charge >= 0.3 is 13.0 Å². The molecule has 0 saturated carbocycles. The normalized spacial score (nSPS) is 22.3. The fraction of sp³-hybridized carbons (Fsp3) is 0.562. The van der Waals surface area contributed by atoms with Gasteiger partial charge in [-0.15, -0.1) is 0 Å². The molecule has 5 nitrogen and oxygen atoms in total. The minimum absolute atomic E-state index is 0. The number of halogens is 1. The Morgan fingerprint density at radius 2 is 2.09 bits per heavy atom. The van der Waals surface area contributed by atoms with E-state index in [1.165, 1.54) is 5.56 Å². The highest BCUT2D eigenvalue weighted by molar-refractivity contribution is 6.45. The van der Waals surface area contributed by atoms with Crippen molar-refractivity contribution in [2.75, 3.05) is 19.7 Å². The molecule has 1 aromatic carbocycles.